The molecule has 0 aliphatic rings. The highest BCUT2D eigenvalue weighted by Crippen LogP contribution is 2.24. The normalized spacial score (nSPS) is 12.2. The molecule has 0 bridgehead atoms. The SMILES string of the molecule is [C-]#[N+]CC(C)Oc1cc(C(C)C)ccc1F. The van der Waals surface area contributed by atoms with Crippen LogP contribution in [-0.2, 0) is 0 Å². The van der Waals surface area contributed by atoms with Crippen LogP contribution in [0.5, 0.6) is 5.75 Å². The Bertz CT molecular complexity index is 395. The topological polar surface area (TPSA) is 13.6 Å². The van der Waals surface area contributed by atoms with Crippen LogP contribution in [0.3, 0.4) is 0 Å². The van der Waals surface area contributed by atoms with Gasteiger partial charge in [-0.15, -0.1) is 0 Å². The van der Waals surface area contributed by atoms with E-state index >= 15 is 0 Å². The first-order chi connectivity index (χ1) is 7.54. The average molecular weight is 221 g/mol. The molecule has 3 heteroatoms. The molecule has 0 spiro atoms. The van der Waals surface area contributed by atoms with Gasteiger partial charge in [-0.2, -0.15) is 0 Å². The molecule has 1 aromatic carbocycles. The van der Waals surface area contributed by atoms with Crippen molar-refractivity contribution >= 4 is 0 Å². The molecule has 0 fully saturated rings. The van der Waals surface area contributed by atoms with Gasteiger partial charge < -0.3 is 9.58 Å². The van der Waals surface area contributed by atoms with Gasteiger partial charge in [-0.3, -0.25) is 0 Å². The van der Waals surface area contributed by atoms with Crippen molar-refractivity contribution in [1.29, 1.82) is 0 Å². The molecule has 86 valence electrons. The summed E-state index contributed by atoms with van der Waals surface area (Å²) in [5, 5.41) is 0. The van der Waals surface area contributed by atoms with E-state index in [2.05, 4.69) is 4.85 Å². The summed E-state index contributed by atoms with van der Waals surface area (Å²) in [6, 6.07) is 4.88. The van der Waals surface area contributed by atoms with Crippen LogP contribution >= 0.6 is 0 Å². The number of rotatable bonds is 4. The van der Waals surface area contributed by atoms with Crippen LogP contribution in [0.1, 0.15) is 32.3 Å². The predicted molar refractivity (Wildman–Crippen MR) is 62.0 cm³/mol. The molecule has 0 saturated heterocycles. The van der Waals surface area contributed by atoms with Gasteiger partial charge in [-0.1, -0.05) is 19.9 Å². The quantitative estimate of drug-likeness (QED) is 0.708. The third-order valence-electron chi connectivity index (χ3n) is 2.30. The summed E-state index contributed by atoms with van der Waals surface area (Å²) in [5.74, 6) is 0.197. The van der Waals surface area contributed by atoms with Gasteiger partial charge in [0.25, 0.3) is 6.54 Å². The van der Waals surface area contributed by atoms with Crippen LogP contribution in [0.25, 0.3) is 4.85 Å². The van der Waals surface area contributed by atoms with E-state index in [0.29, 0.717) is 5.92 Å². The summed E-state index contributed by atoms with van der Waals surface area (Å²) >= 11 is 0. The molecule has 0 aromatic heterocycles. The zero-order chi connectivity index (χ0) is 12.1. The highest BCUT2D eigenvalue weighted by molar-refractivity contribution is 5.32. The molecule has 0 saturated carbocycles. The molecule has 0 heterocycles. The van der Waals surface area contributed by atoms with Crippen molar-refractivity contribution in [2.24, 2.45) is 0 Å². The van der Waals surface area contributed by atoms with E-state index in [9.17, 15) is 4.39 Å². The molecule has 1 atom stereocenters. The summed E-state index contributed by atoms with van der Waals surface area (Å²) in [6.45, 7) is 12.8. The third-order valence-corrected chi connectivity index (χ3v) is 2.30. The van der Waals surface area contributed by atoms with Gasteiger partial charge in [-0.25, -0.2) is 11.0 Å². The fourth-order valence-electron chi connectivity index (χ4n) is 1.35. The van der Waals surface area contributed by atoms with E-state index in [0.717, 1.165) is 5.56 Å². The molecule has 0 aliphatic heterocycles. The van der Waals surface area contributed by atoms with Crippen LogP contribution < -0.4 is 4.74 Å². The summed E-state index contributed by atoms with van der Waals surface area (Å²) in [5.41, 5.74) is 1.03. The predicted octanol–water partition coefficient (Wildman–Crippen LogP) is 3.64. The molecule has 2 nitrogen and oxygen atoms in total. The number of ether oxygens (including phenoxy) is 1. The van der Waals surface area contributed by atoms with Crippen molar-refractivity contribution in [2.45, 2.75) is 32.8 Å². The van der Waals surface area contributed by atoms with E-state index in [1.807, 2.05) is 13.8 Å². The molecule has 0 aliphatic carbocycles. The first kappa shape index (κ1) is 12.5. The summed E-state index contributed by atoms with van der Waals surface area (Å²) in [4.78, 5) is 3.22. The Hall–Kier alpha value is -1.56. The van der Waals surface area contributed by atoms with Gasteiger partial charge in [0.15, 0.2) is 17.7 Å². The van der Waals surface area contributed by atoms with Gasteiger partial charge in [0, 0.05) is 0 Å². The second kappa shape index (κ2) is 5.50. The number of hydrogen-bond donors (Lipinski definition) is 0. The molecular formula is C13H16FNO. The zero-order valence-electron chi connectivity index (χ0n) is 9.83. The zero-order valence-corrected chi connectivity index (χ0v) is 9.83. The molecule has 0 amide bonds. The van der Waals surface area contributed by atoms with Crippen LogP contribution in [0, 0.1) is 12.4 Å². The van der Waals surface area contributed by atoms with E-state index in [-0.39, 0.29) is 24.2 Å². The Morgan fingerprint density at radius 2 is 2.06 bits per heavy atom. The van der Waals surface area contributed by atoms with Crippen LogP contribution in [0.15, 0.2) is 18.2 Å². The van der Waals surface area contributed by atoms with E-state index < -0.39 is 0 Å². The van der Waals surface area contributed by atoms with Gasteiger partial charge in [0.05, 0.1) is 0 Å². The minimum Gasteiger partial charge on any atom is -0.480 e. The van der Waals surface area contributed by atoms with E-state index in [1.54, 1.807) is 19.1 Å². The van der Waals surface area contributed by atoms with Crippen molar-refractivity contribution in [1.82, 2.24) is 0 Å². The van der Waals surface area contributed by atoms with Crippen LogP contribution in [0.4, 0.5) is 4.39 Å². The second-order valence-corrected chi connectivity index (χ2v) is 4.11. The Morgan fingerprint density at radius 1 is 1.38 bits per heavy atom. The minimum absolute atomic E-state index is 0.238. The van der Waals surface area contributed by atoms with Gasteiger partial charge in [0.1, 0.15) is 0 Å². The van der Waals surface area contributed by atoms with E-state index in [1.165, 1.54) is 6.07 Å². The fraction of sp³-hybridized carbons (Fsp3) is 0.462. The monoisotopic (exact) mass is 221 g/mol. The van der Waals surface area contributed by atoms with Crippen LogP contribution in [0.2, 0.25) is 0 Å². The molecule has 1 aromatic rings. The maximum Gasteiger partial charge on any atom is 0.250 e. The average Bonchev–Trinajstić information content (AvgIpc) is 2.21. The second-order valence-electron chi connectivity index (χ2n) is 4.11. The molecular weight excluding hydrogens is 205 g/mol. The van der Waals surface area contributed by atoms with Gasteiger partial charge >= 0.3 is 0 Å². The lowest BCUT2D eigenvalue weighted by molar-refractivity contribution is 0.227. The maximum absolute atomic E-state index is 13.4. The Balaban J connectivity index is 2.86. The lowest BCUT2D eigenvalue weighted by Crippen LogP contribution is -2.15. The minimum atomic E-state index is -0.374. The standard InChI is InChI=1S/C13H16FNO/c1-9(2)11-5-6-12(14)13(7-11)16-10(3)8-15-4/h5-7,9-10H,8H2,1-3H3. The van der Waals surface area contributed by atoms with Crippen molar-refractivity contribution in [3.05, 3.63) is 41.0 Å². The maximum atomic E-state index is 13.4. The van der Waals surface area contributed by atoms with E-state index in [4.69, 9.17) is 11.3 Å². The fourth-order valence-corrected chi connectivity index (χ4v) is 1.35. The van der Waals surface area contributed by atoms with Crippen molar-refractivity contribution < 1.29 is 9.13 Å². The lowest BCUT2D eigenvalue weighted by atomic mass is 10.0. The van der Waals surface area contributed by atoms with Crippen molar-refractivity contribution in [3.63, 3.8) is 0 Å². The highest BCUT2D eigenvalue weighted by atomic mass is 19.1. The number of hydrogen-bond acceptors (Lipinski definition) is 1. The summed E-state index contributed by atoms with van der Waals surface area (Å²) in [7, 11) is 0. The van der Waals surface area contributed by atoms with Crippen molar-refractivity contribution in [3.8, 4) is 5.75 Å². The summed E-state index contributed by atoms with van der Waals surface area (Å²) < 4.78 is 18.8. The lowest BCUT2D eigenvalue weighted by Gasteiger charge is -2.13. The molecule has 16 heavy (non-hydrogen) atoms. The number of benzene rings is 1. The smallest absolute Gasteiger partial charge is 0.250 e. The van der Waals surface area contributed by atoms with Gasteiger partial charge in [-0.05, 0) is 30.5 Å². The molecule has 1 unspecified atom stereocenters. The first-order valence-corrected chi connectivity index (χ1v) is 5.34. The largest absolute Gasteiger partial charge is 0.480 e. The number of halogens is 1. The summed E-state index contributed by atoms with van der Waals surface area (Å²) in [6.07, 6.45) is -0.283. The van der Waals surface area contributed by atoms with Crippen molar-refractivity contribution in [2.75, 3.05) is 6.54 Å². The molecule has 0 radical (unpaired) electrons. The first-order valence-electron chi connectivity index (χ1n) is 5.34. The Morgan fingerprint density at radius 3 is 2.62 bits per heavy atom. The Labute approximate surface area is 95.9 Å². The molecule has 1 rings (SSSR count). The third kappa shape index (κ3) is 3.23. The Kier molecular flexibility index (Phi) is 4.30. The van der Waals surface area contributed by atoms with Gasteiger partial charge in [0.2, 0.25) is 0 Å². The van der Waals surface area contributed by atoms with Crippen LogP contribution in [-0.4, -0.2) is 12.6 Å². The number of nitrogens with zero attached hydrogens (tertiary/aromatic N) is 1. The highest BCUT2D eigenvalue weighted by Gasteiger charge is 2.12. The molecule has 0 N–H and O–H groups in total.